The summed E-state index contributed by atoms with van der Waals surface area (Å²) in [6.45, 7) is 3.90. The molecule has 0 aliphatic heterocycles. The highest BCUT2D eigenvalue weighted by Gasteiger charge is 2.05. The van der Waals surface area contributed by atoms with Crippen LogP contribution in [-0.4, -0.2) is 30.9 Å². The molecular formula is C13H20ClN3O2. The minimum Gasteiger partial charge on any atom is -0.376 e. The molecule has 5 nitrogen and oxygen atoms in total. The fraction of sp³-hybridized carbons (Fsp3) is 0.385. The van der Waals surface area contributed by atoms with Crippen molar-refractivity contribution in [2.45, 2.75) is 19.9 Å². The molecule has 1 aromatic carbocycles. The minimum absolute atomic E-state index is 0. The van der Waals surface area contributed by atoms with Crippen molar-refractivity contribution in [1.29, 1.82) is 0 Å². The number of para-hydroxylation sites is 1. The van der Waals surface area contributed by atoms with Crippen molar-refractivity contribution < 1.29 is 9.59 Å². The predicted octanol–water partition coefficient (Wildman–Crippen LogP) is 1.16. The number of carbonyl (C=O) groups excluding carboxylic acids is 2. The molecule has 0 bridgehead atoms. The highest BCUT2D eigenvalue weighted by atomic mass is 35.5. The number of halogens is 1. The maximum absolute atomic E-state index is 11.5. The summed E-state index contributed by atoms with van der Waals surface area (Å²) in [4.78, 5) is 22.7. The molecule has 6 heteroatoms. The van der Waals surface area contributed by atoms with Crippen LogP contribution in [-0.2, 0) is 9.59 Å². The van der Waals surface area contributed by atoms with E-state index < -0.39 is 0 Å². The van der Waals surface area contributed by atoms with Crippen molar-refractivity contribution in [1.82, 2.24) is 10.6 Å². The number of nitrogens with one attached hydrogen (secondary N) is 3. The van der Waals surface area contributed by atoms with Gasteiger partial charge in [0.2, 0.25) is 11.8 Å². The van der Waals surface area contributed by atoms with Crippen LogP contribution >= 0.6 is 12.4 Å². The van der Waals surface area contributed by atoms with E-state index in [1.165, 1.54) is 0 Å². The monoisotopic (exact) mass is 285 g/mol. The van der Waals surface area contributed by atoms with Crippen LogP contribution < -0.4 is 16.0 Å². The van der Waals surface area contributed by atoms with Gasteiger partial charge in [-0.05, 0) is 26.0 Å². The minimum atomic E-state index is -0.210. The van der Waals surface area contributed by atoms with Crippen molar-refractivity contribution in [3.05, 3.63) is 30.3 Å². The van der Waals surface area contributed by atoms with Crippen LogP contribution in [0.25, 0.3) is 0 Å². The SMILES string of the molecule is CC(C)NC(=O)CNC(=O)CNc1ccccc1.Cl. The topological polar surface area (TPSA) is 70.2 Å². The van der Waals surface area contributed by atoms with E-state index in [0.717, 1.165) is 5.69 Å². The summed E-state index contributed by atoms with van der Waals surface area (Å²) in [7, 11) is 0. The molecule has 106 valence electrons. The Kier molecular flexibility index (Phi) is 8.37. The van der Waals surface area contributed by atoms with E-state index in [4.69, 9.17) is 0 Å². The van der Waals surface area contributed by atoms with Gasteiger partial charge in [0.25, 0.3) is 0 Å². The Hall–Kier alpha value is -1.75. The van der Waals surface area contributed by atoms with Gasteiger partial charge >= 0.3 is 0 Å². The molecule has 0 saturated carbocycles. The van der Waals surface area contributed by atoms with Gasteiger partial charge in [-0.1, -0.05) is 18.2 Å². The third-order valence-corrected chi connectivity index (χ3v) is 2.12. The smallest absolute Gasteiger partial charge is 0.239 e. The normalized spacial score (nSPS) is 9.42. The second-order valence-electron chi connectivity index (χ2n) is 4.22. The number of amides is 2. The number of anilines is 1. The molecule has 0 unspecified atom stereocenters. The van der Waals surface area contributed by atoms with E-state index in [1.54, 1.807) is 0 Å². The number of rotatable bonds is 6. The van der Waals surface area contributed by atoms with Gasteiger partial charge in [0.1, 0.15) is 0 Å². The summed E-state index contributed by atoms with van der Waals surface area (Å²) in [6.07, 6.45) is 0. The van der Waals surface area contributed by atoms with Crippen LogP contribution in [0.3, 0.4) is 0 Å². The Morgan fingerprint density at radius 2 is 1.68 bits per heavy atom. The van der Waals surface area contributed by atoms with Crippen molar-refractivity contribution in [3.63, 3.8) is 0 Å². The average Bonchev–Trinajstić information content (AvgIpc) is 2.34. The third kappa shape index (κ3) is 8.05. The van der Waals surface area contributed by atoms with E-state index in [-0.39, 0.29) is 43.4 Å². The summed E-state index contributed by atoms with van der Waals surface area (Å²) in [5.74, 6) is -0.393. The molecule has 0 fully saturated rings. The molecule has 1 rings (SSSR count). The van der Waals surface area contributed by atoms with E-state index in [1.807, 2.05) is 44.2 Å². The Morgan fingerprint density at radius 3 is 2.26 bits per heavy atom. The fourth-order valence-electron chi connectivity index (χ4n) is 1.35. The maximum Gasteiger partial charge on any atom is 0.239 e. The molecule has 0 aliphatic carbocycles. The van der Waals surface area contributed by atoms with Crippen LogP contribution in [0.4, 0.5) is 5.69 Å². The lowest BCUT2D eigenvalue weighted by atomic mass is 10.3. The lowest BCUT2D eigenvalue weighted by Crippen LogP contribution is -2.41. The summed E-state index contributed by atoms with van der Waals surface area (Å²) >= 11 is 0. The largest absolute Gasteiger partial charge is 0.376 e. The van der Waals surface area contributed by atoms with Gasteiger partial charge in [-0.3, -0.25) is 9.59 Å². The Balaban J connectivity index is 0.00000324. The van der Waals surface area contributed by atoms with Crippen LogP contribution in [0, 0.1) is 0 Å². The molecule has 19 heavy (non-hydrogen) atoms. The number of hydrogen-bond acceptors (Lipinski definition) is 3. The van der Waals surface area contributed by atoms with Gasteiger partial charge in [0.15, 0.2) is 0 Å². The van der Waals surface area contributed by atoms with Gasteiger partial charge in [-0.25, -0.2) is 0 Å². The van der Waals surface area contributed by atoms with Crippen molar-refractivity contribution in [2.24, 2.45) is 0 Å². The van der Waals surface area contributed by atoms with Gasteiger partial charge in [0, 0.05) is 11.7 Å². The number of benzene rings is 1. The second kappa shape index (κ2) is 9.22. The molecule has 0 aromatic heterocycles. The Labute approximate surface area is 119 Å². The molecule has 2 amide bonds. The van der Waals surface area contributed by atoms with Crippen LogP contribution in [0.5, 0.6) is 0 Å². The molecule has 3 N–H and O–H groups in total. The zero-order valence-corrected chi connectivity index (χ0v) is 11.9. The fourth-order valence-corrected chi connectivity index (χ4v) is 1.35. The summed E-state index contributed by atoms with van der Waals surface area (Å²) < 4.78 is 0. The lowest BCUT2D eigenvalue weighted by Gasteiger charge is -2.10. The summed E-state index contributed by atoms with van der Waals surface area (Å²) in [5.41, 5.74) is 0.874. The highest BCUT2D eigenvalue weighted by molar-refractivity contribution is 5.86. The van der Waals surface area contributed by atoms with Crippen molar-refractivity contribution in [2.75, 3.05) is 18.4 Å². The van der Waals surface area contributed by atoms with Gasteiger partial charge in [0.05, 0.1) is 13.1 Å². The third-order valence-electron chi connectivity index (χ3n) is 2.12. The Bertz CT molecular complexity index is 396. The quantitative estimate of drug-likeness (QED) is 0.735. The highest BCUT2D eigenvalue weighted by Crippen LogP contribution is 2.03. The molecule has 1 aromatic rings. The molecule has 0 aliphatic rings. The standard InChI is InChI=1S/C13H19N3O2.ClH/c1-10(2)16-13(18)9-15-12(17)8-14-11-6-4-3-5-7-11;/h3-7,10,14H,8-9H2,1-2H3,(H,15,17)(H,16,18);1H. The van der Waals surface area contributed by atoms with E-state index >= 15 is 0 Å². The molecule has 0 spiro atoms. The first kappa shape index (κ1) is 17.2. The van der Waals surface area contributed by atoms with Crippen LogP contribution in [0.15, 0.2) is 30.3 Å². The van der Waals surface area contributed by atoms with E-state index in [0.29, 0.717) is 0 Å². The molecule has 0 saturated heterocycles. The van der Waals surface area contributed by atoms with Crippen molar-refractivity contribution in [3.8, 4) is 0 Å². The first-order chi connectivity index (χ1) is 8.58. The van der Waals surface area contributed by atoms with E-state index in [9.17, 15) is 9.59 Å². The molecular weight excluding hydrogens is 266 g/mol. The zero-order chi connectivity index (χ0) is 13.4. The number of hydrogen-bond donors (Lipinski definition) is 3. The summed E-state index contributed by atoms with van der Waals surface area (Å²) in [5, 5.41) is 8.21. The van der Waals surface area contributed by atoms with Gasteiger partial charge < -0.3 is 16.0 Å². The zero-order valence-electron chi connectivity index (χ0n) is 11.1. The average molecular weight is 286 g/mol. The predicted molar refractivity (Wildman–Crippen MR) is 78.5 cm³/mol. The van der Waals surface area contributed by atoms with Gasteiger partial charge in [-0.15, -0.1) is 12.4 Å². The molecule has 0 atom stereocenters. The van der Waals surface area contributed by atoms with Crippen molar-refractivity contribution >= 4 is 29.9 Å². The first-order valence-corrected chi connectivity index (χ1v) is 5.93. The second-order valence-corrected chi connectivity index (χ2v) is 4.22. The van der Waals surface area contributed by atoms with Crippen LogP contribution in [0.1, 0.15) is 13.8 Å². The van der Waals surface area contributed by atoms with E-state index in [2.05, 4.69) is 16.0 Å². The summed E-state index contributed by atoms with van der Waals surface area (Å²) in [6, 6.07) is 9.50. The molecule has 0 radical (unpaired) electrons. The van der Waals surface area contributed by atoms with Crippen LogP contribution in [0.2, 0.25) is 0 Å². The lowest BCUT2D eigenvalue weighted by molar-refractivity contribution is -0.125. The first-order valence-electron chi connectivity index (χ1n) is 5.93. The van der Waals surface area contributed by atoms with Gasteiger partial charge in [-0.2, -0.15) is 0 Å². The molecule has 0 heterocycles. The number of carbonyl (C=O) groups is 2. The maximum atomic E-state index is 11.5. The Morgan fingerprint density at radius 1 is 1.05 bits per heavy atom.